The van der Waals surface area contributed by atoms with Gasteiger partial charge in [0.25, 0.3) is 0 Å². The molecule has 0 radical (unpaired) electrons. The molecule has 3 amide bonds. The van der Waals surface area contributed by atoms with Crippen LogP contribution in [0.2, 0.25) is 0 Å². The van der Waals surface area contributed by atoms with E-state index in [4.69, 9.17) is 10.2 Å². The van der Waals surface area contributed by atoms with E-state index in [-0.39, 0.29) is 5.91 Å². The lowest BCUT2D eigenvalue weighted by molar-refractivity contribution is -0.140. The number of piperazine rings is 1. The van der Waals surface area contributed by atoms with Gasteiger partial charge in [-0.15, -0.1) is 0 Å². The number of hydrogen-bond donors (Lipinski definition) is 4. The van der Waals surface area contributed by atoms with Crippen molar-refractivity contribution in [3.63, 3.8) is 0 Å². The molecular weight excluding hydrogens is 230 g/mol. The van der Waals surface area contributed by atoms with E-state index in [0.717, 1.165) is 0 Å². The van der Waals surface area contributed by atoms with Crippen LogP contribution in [-0.2, 0) is 9.59 Å². The highest BCUT2D eigenvalue weighted by atomic mass is 16.4. The second-order valence-electron chi connectivity index (χ2n) is 3.68. The molecule has 0 spiro atoms. The molecule has 0 saturated carbocycles. The Morgan fingerprint density at radius 3 is 2.82 bits per heavy atom. The van der Waals surface area contributed by atoms with Crippen LogP contribution in [0.5, 0.6) is 0 Å². The van der Waals surface area contributed by atoms with Crippen molar-refractivity contribution in [3.05, 3.63) is 0 Å². The molecule has 17 heavy (non-hydrogen) atoms. The summed E-state index contributed by atoms with van der Waals surface area (Å²) in [6.45, 7) is 1.47. The number of carboxylic acid groups (broad SMARTS) is 1. The van der Waals surface area contributed by atoms with Gasteiger partial charge in [0.1, 0.15) is 6.04 Å². The van der Waals surface area contributed by atoms with Gasteiger partial charge < -0.3 is 25.7 Å². The number of nitrogens with zero attached hydrogens (tertiary/aromatic N) is 1. The van der Waals surface area contributed by atoms with Crippen LogP contribution in [0.3, 0.4) is 0 Å². The zero-order valence-electron chi connectivity index (χ0n) is 9.34. The van der Waals surface area contributed by atoms with Crippen molar-refractivity contribution in [3.8, 4) is 0 Å². The first-order chi connectivity index (χ1) is 7.97. The molecule has 96 valence electrons. The molecule has 8 nitrogen and oxygen atoms in total. The predicted molar refractivity (Wildman–Crippen MR) is 56.2 cm³/mol. The monoisotopic (exact) mass is 245 g/mol. The fourth-order valence-electron chi connectivity index (χ4n) is 1.48. The Hall–Kier alpha value is -1.83. The highest BCUT2D eigenvalue weighted by Gasteiger charge is 2.31. The van der Waals surface area contributed by atoms with Crippen molar-refractivity contribution < 1.29 is 24.6 Å². The summed E-state index contributed by atoms with van der Waals surface area (Å²) < 4.78 is 0. The molecule has 1 heterocycles. The smallest absolute Gasteiger partial charge is 0.328 e. The van der Waals surface area contributed by atoms with Crippen molar-refractivity contribution in [2.45, 2.75) is 19.0 Å². The van der Waals surface area contributed by atoms with Crippen molar-refractivity contribution in [1.29, 1.82) is 0 Å². The number of aliphatic carboxylic acids is 1. The van der Waals surface area contributed by atoms with Crippen molar-refractivity contribution in [2.75, 3.05) is 19.7 Å². The van der Waals surface area contributed by atoms with E-state index in [1.54, 1.807) is 6.92 Å². The van der Waals surface area contributed by atoms with Crippen molar-refractivity contribution >= 4 is 17.9 Å². The van der Waals surface area contributed by atoms with Gasteiger partial charge in [-0.25, -0.2) is 9.59 Å². The molecular formula is C9H15N3O5. The second kappa shape index (κ2) is 5.48. The van der Waals surface area contributed by atoms with Gasteiger partial charge in [0, 0.05) is 13.1 Å². The minimum absolute atomic E-state index is 0.290. The summed E-state index contributed by atoms with van der Waals surface area (Å²) in [5.74, 6) is -1.61. The zero-order chi connectivity index (χ0) is 13.0. The number of hydrogen-bond acceptors (Lipinski definition) is 4. The predicted octanol–water partition coefficient (Wildman–Crippen LogP) is -2.04. The summed E-state index contributed by atoms with van der Waals surface area (Å²) in [6, 6.07) is -2.69. The van der Waals surface area contributed by atoms with Crippen LogP contribution in [0.1, 0.15) is 6.92 Å². The Labute approximate surface area is 97.6 Å². The minimum atomic E-state index is -1.36. The fraction of sp³-hybridized carbons (Fsp3) is 0.667. The van der Waals surface area contributed by atoms with Gasteiger partial charge in [-0.2, -0.15) is 0 Å². The quantitative estimate of drug-likeness (QED) is 0.457. The van der Waals surface area contributed by atoms with E-state index in [2.05, 4.69) is 10.6 Å². The maximum Gasteiger partial charge on any atom is 0.328 e. The molecule has 1 aliphatic rings. The number of rotatable bonds is 3. The van der Waals surface area contributed by atoms with Gasteiger partial charge in [0.05, 0.1) is 6.61 Å². The largest absolute Gasteiger partial charge is 0.480 e. The molecule has 0 aliphatic carbocycles. The third-order valence-electron chi connectivity index (χ3n) is 2.54. The first kappa shape index (κ1) is 13.2. The molecule has 1 aliphatic heterocycles. The summed E-state index contributed by atoms with van der Waals surface area (Å²) in [7, 11) is 0. The Morgan fingerprint density at radius 2 is 2.29 bits per heavy atom. The highest BCUT2D eigenvalue weighted by molar-refractivity contribution is 5.89. The van der Waals surface area contributed by atoms with E-state index in [1.165, 1.54) is 4.90 Å². The molecule has 1 saturated heterocycles. The first-order valence-electron chi connectivity index (χ1n) is 5.16. The number of carboxylic acids is 1. The molecule has 0 bridgehead atoms. The van der Waals surface area contributed by atoms with Gasteiger partial charge in [-0.1, -0.05) is 0 Å². The van der Waals surface area contributed by atoms with E-state index >= 15 is 0 Å². The molecule has 8 heteroatoms. The SMILES string of the molecule is CC1C(=O)NCCN1C(=O)NC(CO)C(=O)O. The van der Waals surface area contributed by atoms with Crippen molar-refractivity contribution in [2.24, 2.45) is 0 Å². The Morgan fingerprint density at radius 1 is 1.65 bits per heavy atom. The lowest BCUT2D eigenvalue weighted by Gasteiger charge is -2.33. The van der Waals surface area contributed by atoms with E-state index in [9.17, 15) is 14.4 Å². The van der Waals surface area contributed by atoms with Crippen molar-refractivity contribution in [1.82, 2.24) is 15.5 Å². The van der Waals surface area contributed by atoms with E-state index in [0.29, 0.717) is 13.1 Å². The third-order valence-corrected chi connectivity index (χ3v) is 2.54. The molecule has 2 atom stereocenters. The summed E-state index contributed by atoms with van der Waals surface area (Å²) in [5.41, 5.74) is 0. The maximum absolute atomic E-state index is 11.7. The third kappa shape index (κ3) is 3.06. The molecule has 0 aromatic heterocycles. The normalized spacial score (nSPS) is 21.6. The summed E-state index contributed by atoms with van der Waals surface area (Å²) in [4.78, 5) is 34.8. The number of carbonyl (C=O) groups is 3. The molecule has 1 rings (SSSR count). The topological polar surface area (TPSA) is 119 Å². The van der Waals surface area contributed by atoms with E-state index in [1.807, 2.05) is 0 Å². The Bertz CT molecular complexity index is 333. The Kier molecular flexibility index (Phi) is 4.27. The highest BCUT2D eigenvalue weighted by Crippen LogP contribution is 2.04. The molecule has 2 unspecified atom stereocenters. The number of aliphatic hydroxyl groups excluding tert-OH is 1. The number of amides is 3. The standard InChI is InChI=1S/C9H15N3O5/c1-5-7(14)10-2-3-12(5)9(17)11-6(4-13)8(15)16/h5-6,13H,2-4H2,1H3,(H,10,14)(H,11,17)(H,15,16). The second-order valence-corrected chi connectivity index (χ2v) is 3.68. The van der Waals surface area contributed by atoms with Gasteiger partial charge in [0.2, 0.25) is 5.91 Å². The van der Waals surface area contributed by atoms with Crippen LogP contribution in [0, 0.1) is 0 Å². The van der Waals surface area contributed by atoms with Crippen LogP contribution in [0.4, 0.5) is 4.79 Å². The summed E-state index contributed by atoms with van der Waals surface area (Å²) in [6.07, 6.45) is 0. The first-order valence-corrected chi connectivity index (χ1v) is 5.16. The number of aliphatic hydroxyl groups is 1. The maximum atomic E-state index is 11.7. The van der Waals surface area contributed by atoms with Gasteiger partial charge in [-0.3, -0.25) is 4.79 Å². The van der Waals surface area contributed by atoms with Crippen LogP contribution in [-0.4, -0.2) is 64.8 Å². The zero-order valence-corrected chi connectivity index (χ0v) is 9.34. The number of nitrogens with one attached hydrogen (secondary N) is 2. The van der Waals surface area contributed by atoms with Crippen LogP contribution < -0.4 is 10.6 Å². The Balaban J connectivity index is 2.63. The van der Waals surface area contributed by atoms with Crippen LogP contribution in [0.15, 0.2) is 0 Å². The van der Waals surface area contributed by atoms with Gasteiger partial charge >= 0.3 is 12.0 Å². The number of urea groups is 1. The fourth-order valence-corrected chi connectivity index (χ4v) is 1.48. The lowest BCUT2D eigenvalue weighted by Crippen LogP contribution is -2.60. The van der Waals surface area contributed by atoms with Crippen LogP contribution >= 0.6 is 0 Å². The molecule has 1 fully saturated rings. The lowest BCUT2D eigenvalue weighted by atomic mass is 10.2. The molecule has 0 aromatic rings. The molecule has 4 N–H and O–H groups in total. The van der Waals surface area contributed by atoms with E-state index < -0.39 is 30.7 Å². The summed E-state index contributed by atoms with van der Waals surface area (Å²) >= 11 is 0. The average molecular weight is 245 g/mol. The molecule has 0 aromatic carbocycles. The summed E-state index contributed by atoms with van der Waals surface area (Å²) in [5, 5.41) is 22.2. The van der Waals surface area contributed by atoms with Crippen LogP contribution in [0.25, 0.3) is 0 Å². The average Bonchev–Trinajstić information content (AvgIpc) is 2.28. The number of carbonyl (C=O) groups excluding carboxylic acids is 2. The minimum Gasteiger partial charge on any atom is -0.480 e. The van der Waals surface area contributed by atoms with Gasteiger partial charge in [-0.05, 0) is 6.92 Å². The van der Waals surface area contributed by atoms with Gasteiger partial charge in [0.15, 0.2) is 6.04 Å².